The molecule has 3 N–H and O–H groups in total. The number of hydrogen-bond acceptors (Lipinski definition) is 3. The van der Waals surface area contributed by atoms with E-state index in [1.54, 1.807) is 13.1 Å². The molecule has 2 rings (SSSR count). The quantitative estimate of drug-likeness (QED) is 0.888. The van der Waals surface area contributed by atoms with Crippen LogP contribution in [0.3, 0.4) is 0 Å². The van der Waals surface area contributed by atoms with Crippen molar-refractivity contribution in [3.05, 3.63) is 41.5 Å². The van der Waals surface area contributed by atoms with Crippen molar-refractivity contribution in [3.8, 4) is 0 Å². The molecule has 0 atom stereocenters. The number of amides is 1. The lowest BCUT2D eigenvalue weighted by molar-refractivity contribution is 0.101. The van der Waals surface area contributed by atoms with Crippen molar-refractivity contribution in [1.82, 2.24) is 9.78 Å². The normalized spacial score (nSPS) is 10.5. The fourth-order valence-electron chi connectivity index (χ4n) is 1.88. The van der Waals surface area contributed by atoms with Crippen LogP contribution in [-0.4, -0.2) is 15.7 Å². The Morgan fingerprint density at radius 1 is 1.53 bits per heavy atom. The number of carbonyl (C=O) groups is 1. The average molecular weight is 262 g/mol. The van der Waals surface area contributed by atoms with Crippen molar-refractivity contribution in [2.24, 2.45) is 7.05 Å². The summed E-state index contributed by atoms with van der Waals surface area (Å²) in [7, 11) is 1.65. The molecule has 0 aliphatic carbocycles. The molecule has 1 heterocycles. The van der Waals surface area contributed by atoms with Crippen LogP contribution in [-0.2, 0) is 13.5 Å². The van der Waals surface area contributed by atoms with Gasteiger partial charge in [0.25, 0.3) is 5.91 Å². The van der Waals surface area contributed by atoms with Gasteiger partial charge < -0.3 is 11.1 Å². The van der Waals surface area contributed by atoms with Crippen LogP contribution < -0.4 is 11.1 Å². The fraction of sp³-hybridized carbons (Fsp3) is 0.231. The third-order valence-electron chi connectivity index (χ3n) is 2.79. The monoisotopic (exact) mass is 262 g/mol. The topological polar surface area (TPSA) is 72.9 Å². The summed E-state index contributed by atoms with van der Waals surface area (Å²) in [5.41, 5.74) is 7.57. The van der Waals surface area contributed by atoms with Gasteiger partial charge in [-0.25, -0.2) is 4.39 Å². The molecular weight excluding hydrogens is 247 g/mol. The van der Waals surface area contributed by atoms with Gasteiger partial charge in [0, 0.05) is 12.7 Å². The van der Waals surface area contributed by atoms with Gasteiger partial charge in [-0.3, -0.25) is 9.48 Å². The van der Waals surface area contributed by atoms with Crippen LogP contribution in [0.15, 0.2) is 24.3 Å². The third kappa shape index (κ3) is 2.57. The fourth-order valence-corrected chi connectivity index (χ4v) is 1.88. The van der Waals surface area contributed by atoms with E-state index in [0.29, 0.717) is 23.5 Å². The number of aromatic nitrogens is 2. The Hall–Kier alpha value is -2.37. The maximum Gasteiger partial charge on any atom is 0.276 e. The molecule has 5 nitrogen and oxygen atoms in total. The summed E-state index contributed by atoms with van der Waals surface area (Å²) in [6, 6.07) is 5.68. The molecule has 0 spiro atoms. The Balaban J connectivity index is 2.28. The molecule has 19 heavy (non-hydrogen) atoms. The number of nitrogen functional groups attached to an aromatic ring is 1. The molecule has 2 aromatic rings. The lowest BCUT2D eigenvalue weighted by Gasteiger charge is -2.06. The summed E-state index contributed by atoms with van der Waals surface area (Å²) in [4.78, 5) is 12.1. The van der Waals surface area contributed by atoms with Crippen molar-refractivity contribution in [2.45, 2.75) is 13.3 Å². The largest absolute Gasteiger partial charge is 0.395 e. The lowest BCUT2D eigenvalue weighted by Crippen LogP contribution is -2.17. The van der Waals surface area contributed by atoms with Gasteiger partial charge in [0.15, 0.2) is 0 Å². The van der Waals surface area contributed by atoms with Gasteiger partial charge in [0.05, 0.1) is 11.4 Å². The molecule has 1 aromatic heterocycles. The summed E-state index contributed by atoms with van der Waals surface area (Å²) < 4.78 is 14.5. The van der Waals surface area contributed by atoms with Gasteiger partial charge in [0.2, 0.25) is 0 Å². The lowest BCUT2D eigenvalue weighted by atomic mass is 10.2. The second-order valence-electron chi connectivity index (χ2n) is 4.15. The predicted molar refractivity (Wildman–Crippen MR) is 71.4 cm³/mol. The van der Waals surface area contributed by atoms with Gasteiger partial charge in [-0.15, -0.1) is 0 Å². The van der Waals surface area contributed by atoms with E-state index in [-0.39, 0.29) is 5.69 Å². The van der Waals surface area contributed by atoms with E-state index < -0.39 is 11.7 Å². The first-order valence-corrected chi connectivity index (χ1v) is 5.91. The van der Waals surface area contributed by atoms with E-state index in [9.17, 15) is 9.18 Å². The Labute approximate surface area is 110 Å². The highest BCUT2D eigenvalue weighted by Gasteiger charge is 2.19. The molecule has 0 aliphatic rings. The molecule has 0 saturated carbocycles. The Morgan fingerprint density at radius 3 is 2.84 bits per heavy atom. The van der Waals surface area contributed by atoms with Crippen LogP contribution in [0.4, 0.5) is 15.8 Å². The van der Waals surface area contributed by atoms with Gasteiger partial charge in [0.1, 0.15) is 11.5 Å². The number of carbonyl (C=O) groups excluding carboxylic acids is 1. The zero-order valence-corrected chi connectivity index (χ0v) is 10.8. The molecule has 0 aliphatic heterocycles. The summed E-state index contributed by atoms with van der Waals surface area (Å²) in [5.74, 6) is -0.817. The number of rotatable bonds is 3. The standard InChI is InChI=1S/C13H15FN4O/c1-3-10-11(15)12(18(2)17-10)13(19)16-9-6-4-5-8(14)7-9/h4-7H,3,15H2,1-2H3,(H,16,19). The molecule has 100 valence electrons. The van der Waals surface area contributed by atoms with Crippen LogP contribution in [0, 0.1) is 5.82 Å². The molecule has 0 bridgehead atoms. The van der Waals surface area contributed by atoms with Crippen LogP contribution >= 0.6 is 0 Å². The molecule has 0 saturated heterocycles. The van der Waals surface area contributed by atoms with Gasteiger partial charge in [-0.1, -0.05) is 13.0 Å². The van der Waals surface area contributed by atoms with E-state index >= 15 is 0 Å². The first kappa shape index (κ1) is 13.1. The van der Waals surface area contributed by atoms with Crippen molar-refractivity contribution < 1.29 is 9.18 Å². The van der Waals surface area contributed by atoms with Crippen molar-refractivity contribution in [1.29, 1.82) is 0 Å². The Bertz CT molecular complexity index is 621. The van der Waals surface area contributed by atoms with E-state index in [1.165, 1.54) is 22.9 Å². The molecule has 1 amide bonds. The zero-order chi connectivity index (χ0) is 14.0. The number of halogens is 1. The highest BCUT2D eigenvalue weighted by Crippen LogP contribution is 2.19. The maximum atomic E-state index is 13.0. The highest BCUT2D eigenvalue weighted by atomic mass is 19.1. The number of nitrogens with zero attached hydrogens (tertiary/aromatic N) is 2. The number of benzene rings is 1. The number of aryl methyl sites for hydroxylation is 2. The van der Waals surface area contributed by atoms with Crippen molar-refractivity contribution in [3.63, 3.8) is 0 Å². The molecule has 0 radical (unpaired) electrons. The molecule has 1 aromatic carbocycles. The van der Waals surface area contributed by atoms with Crippen molar-refractivity contribution >= 4 is 17.3 Å². The first-order valence-electron chi connectivity index (χ1n) is 5.91. The summed E-state index contributed by atoms with van der Waals surface area (Å²) in [6.07, 6.45) is 0.646. The maximum absolute atomic E-state index is 13.0. The minimum Gasteiger partial charge on any atom is -0.395 e. The van der Waals surface area contributed by atoms with Crippen LogP contribution in [0.5, 0.6) is 0 Å². The molecule has 6 heteroatoms. The second-order valence-corrected chi connectivity index (χ2v) is 4.15. The molecule has 0 unspecified atom stereocenters. The summed E-state index contributed by atoms with van der Waals surface area (Å²) in [5, 5.41) is 6.76. The Morgan fingerprint density at radius 2 is 2.26 bits per heavy atom. The van der Waals surface area contributed by atoms with Gasteiger partial charge in [-0.2, -0.15) is 5.10 Å². The highest BCUT2D eigenvalue weighted by molar-refractivity contribution is 6.06. The van der Waals surface area contributed by atoms with Crippen LogP contribution in [0.1, 0.15) is 23.1 Å². The van der Waals surface area contributed by atoms with Crippen LogP contribution in [0.25, 0.3) is 0 Å². The molecular formula is C13H15FN4O. The summed E-state index contributed by atoms with van der Waals surface area (Å²) >= 11 is 0. The third-order valence-corrected chi connectivity index (χ3v) is 2.79. The van der Waals surface area contributed by atoms with Crippen LogP contribution in [0.2, 0.25) is 0 Å². The van der Waals surface area contributed by atoms with E-state index in [4.69, 9.17) is 5.73 Å². The minimum absolute atomic E-state index is 0.279. The second kappa shape index (κ2) is 5.09. The average Bonchev–Trinajstić information content (AvgIpc) is 2.64. The predicted octanol–water partition coefficient (Wildman–Crippen LogP) is 1.96. The minimum atomic E-state index is -0.412. The smallest absolute Gasteiger partial charge is 0.276 e. The summed E-state index contributed by atoms with van der Waals surface area (Å²) in [6.45, 7) is 1.91. The van der Waals surface area contributed by atoms with Crippen molar-refractivity contribution in [2.75, 3.05) is 11.1 Å². The zero-order valence-electron chi connectivity index (χ0n) is 10.8. The SMILES string of the molecule is CCc1nn(C)c(C(=O)Nc2cccc(F)c2)c1N. The number of hydrogen-bond donors (Lipinski definition) is 2. The first-order chi connectivity index (χ1) is 9.02. The molecule has 0 fully saturated rings. The van der Waals surface area contributed by atoms with Gasteiger partial charge in [-0.05, 0) is 24.6 Å². The Kier molecular flexibility index (Phi) is 3.50. The number of nitrogens with two attached hydrogens (primary N) is 1. The number of nitrogens with one attached hydrogen (secondary N) is 1. The number of anilines is 2. The van der Waals surface area contributed by atoms with E-state index in [1.807, 2.05) is 6.92 Å². The van der Waals surface area contributed by atoms with Gasteiger partial charge >= 0.3 is 0 Å². The van der Waals surface area contributed by atoms with E-state index in [2.05, 4.69) is 10.4 Å². The van der Waals surface area contributed by atoms with E-state index in [0.717, 1.165) is 0 Å².